The van der Waals surface area contributed by atoms with Crippen LogP contribution in [0.4, 0.5) is 0 Å². The Labute approximate surface area is 99.5 Å². The van der Waals surface area contributed by atoms with E-state index in [4.69, 9.17) is 5.73 Å². The molecule has 0 spiro atoms. The van der Waals surface area contributed by atoms with E-state index in [1.54, 1.807) is 29.5 Å². The van der Waals surface area contributed by atoms with Crippen molar-refractivity contribution in [1.29, 1.82) is 0 Å². The van der Waals surface area contributed by atoms with Crippen molar-refractivity contribution in [2.45, 2.75) is 37.8 Å². The van der Waals surface area contributed by atoms with Crippen molar-refractivity contribution in [1.82, 2.24) is 9.88 Å². The molecule has 88 valence electrons. The second-order valence-electron chi connectivity index (χ2n) is 4.45. The number of hydrogen-bond donors (Lipinski definition) is 1. The lowest BCUT2D eigenvalue weighted by Crippen LogP contribution is -2.52. The van der Waals surface area contributed by atoms with Gasteiger partial charge in [0.15, 0.2) is 0 Å². The lowest BCUT2D eigenvalue weighted by molar-refractivity contribution is -0.136. The van der Waals surface area contributed by atoms with Crippen molar-refractivity contribution in [2.75, 3.05) is 7.05 Å². The number of carbonyl (C=O) groups excluding carboxylic acids is 1. The second kappa shape index (κ2) is 4.51. The summed E-state index contributed by atoms with van der Waals surface area (Å²) in [7, 11) is 1.80. The Morgan fingerprint density at radius 1 is 1.62 bits per heavy atom. The van der Waals surface area contributed by atoms with Crippen LogP contribution in [0.1, 0.15) is 30.7 Å². The number of nitrogens with zero attached hydrogens (tertiary/aromatic N) is 2. The van der Waals surface area contributed by atoms with Gasteiger partial charge in [0, 0.05) is 18.6 Å². The van der Waals surface area contributed by atoms with Crippen LogP contribution in [0.5, 0.6) is 0 Å². The van der Waals surface area contributed by atoms with Crippen LogP contribution in [0.25, 0.3) is 0 Å². The number of amides is 1. The Morgan fingerprint density at radius 2 is 2.31 bits per heavy atom. The normalized spacial score (nSPS) is 18.6. The van der Waals surface area contributed by atoms with E-state index in [1.807, 2.05) is 5.38 Å². The van der Waals surface area contributed by atoms with Crippen LogP contribution in [-0.2, 0) is 11.3 Å². The molecule has 0 unspecified atom stereocenters. The lowest BCUT2D eigenvalue weighted by Gasteiger charge is -2.28. The van der Waals surface area contributed by atoms with Gasteiger partial charge in [-0.05, 0) is 12.8 Å². The second-order valence-corrected chi connectivity index (χ2v) is 5.43. The number of rotatable bonds is 3. The monoisotopic (exact) mass is 239 g/mol. The molecule has 0 atom stereocenters. The van der Waals surface area contributed by atoms with Gasteiger partial charge in [0.1, 0.15) is 5.01 Å². The van der Waals surface area contributed by atoms with Crippen molar-refractivity contribution in [3.05, 3.63) is 16.6 Å². The summed E-state index contributed by atoms with van der Waals surface area (Å²) < 4.78 is 0. The third kappa shape index (κ3) is 2.25. The molecule has 1 aliphatic rings. The predicted molar refractivity (Wildman–Crippen MR) is 64.0 cm³/mol. The molecule has 16 heavy (non-hydrogen) atoms. The molecule has 0 bridgehead atoms. The maximum Gasteiger partial charge on any atom is 0.242 e. The molecule has 1 aromatic heterocycles. The van der Waals surface area contributed by atoms with Gasteiger partial charge in [-0.25, -0.2) is 4.98 Å². The van der Waals surface area contributed by atoms with E-state index in [-0.39, 0.29) is 5.91 Å². The first-order valence-electron chi connectivity index (χ1n) is 5.55. The number of hydrogen-bond acceptors (Lipinski definition) is 4. The summed E-state index contributed by atoms with van der Waals surface area (Å²) in [6, 6.07) is 0. The molecular formula is C11H17N3OS. The van der Waals surface area contributed by atoms with Gasteiger partial charge in [-0.3, -0.25) is 4.79 Å². The smallest absolute Gasteiger partial charge is 0.242 e. The Morgan fingerprint density at radius 3 is 2.88 bits per heavy atom. The van der Waals surface area contributed by atoms with E-state index in [9.17, 15) is 4.79 Å². The van der Waals surface area contributed by atoms with Gasteiger partial charge in [0.2, 0.25) is 5.91 Å². The highest BCUT2D eigenvalue weighted by molar-refractivity contribution is 7.09. The zero-order valence-corrected chi connectivity index (χ0v) is 10.3. The van der Waals surface area contributed by atoms with Crippen molar-refractivity contribution < 1.29 is 4.79 Å². The first-order chi connectivity index (χ1) is 7.62. The quantitative estimate of drug-likeness (QED) is 0.866. The minimum Gasteiger partial charge on any atom is -0.337 e. The summed E-state index contributed by atoms with van der Waals surface area (Å²) in [5, 5.41) is 2.87. The van der Waals surface area contributed by atoms with Crippen LogP contribution in [-0.4, -0.2) is 28.4 Å². The molecule has 1 heterocycles. The summed E-state index contributed by atoms with van der Waals surface area (Å²) in [5.74, 6) is 0.0557. The molecule has 0 saturated heterocycles. The SMILES string of the molecule is CN(Cc1nccs1)C(=O)C1(N)CCCC1. The average Bonchev–Trinajstić information content (AvgIpc) is 2.89. The van der Waals surface area contributed by atoms with Gasteiger partial charge in [0.25, 0.3) is 0 Å². The van der Waals surface area contributed by atoms with Crippen molar-refractivity contribution >= 4 is 17.2 Å². The molecule has 0 radical (unpaired) electrons. The molecule has 4 nitrogen and oxygen atoms in total. The van der Waals surface area contributed by atoms with Crippen LogP contribution in [0.15, 0.2) is 11.6 Å². The van der Waals surface area contributed by atoms with Crippen LogP contribution in [0, 0.1) is 0 Å². The molecule has 1 amide bonds. The van der Waals surface area contributed by atoms with Crippen LogP contribution < -0.4 is 5.73 Å². The maximum absolute atomic E-state index is 12.2. The third-order valence-corrected chi connectivity index (χ3v) is 3.89. The zero-order valence-electron chi connectivity index (χ0n) is 9.48. The number of aromatic nitrogens is 1. The zero-order chi connectivity index (χ0) is 11.6. The van der Waals surface area contributed by atoms with Gasteiger partial charge in [-0.1, -0.05) is 12.8 Å². The summed E-state index contributed by atoms with van der Waals surface area (Å²) >= 11 is 1.56. The van der Waals surface area contributed by atoms with E-state index in [1.165, 1.54) is 0 Å². The Bertz CT molecular complexity index is 357. The van der Waals surface area contributed by atoms with Gasteiger partial charge in [-0.2, -0.15) is 0 Å². The molecule has 2 N–H and O–H groups in total. The fourth-order valence-corrected chi connectivity index (χ4v) is 2.87. The highest BCUT2D eigenvalue weighted by atomic mass is 32.1. The molecule has 2 rings (SSSR count). The van der Waals surface area contributed by atoms with Crippen LogP contribution in [0.3, 0.4) is 0 Å². The fraction of sp³-hybridized carbons (Fsp3) is 0.636. The fourth-order valence-electron chi connectivity index (χ4n) is 2.21. The molecule has 1 saturated carbocycles. The predicted octanol–water partition coefficient (Wildman–Crippen LogP) is 1.37. The standard InChI is InChI=1S/C11H17N3OS/c1-14(8-9-13-6-7-16-9)10(15)11(12)4-2-3-5-11/h6-7H,2-5,8,12H2,1H3. The van der Waals surface area contributed by atoms with Gasteiger partial charge >= 0.3 is 0 Å². The largest absolute Gasteiger partial charge is 0.337 e. The maximum atomic E-state index is 12.2. The molecule has 0 aromatic carbocycles. The van der Waals surface area contributed by atoms with Gasteiger partial charge in [0.05, 0.1) is 12.1 Å². The molecule has 1 aliphatic carbocycles. The van der Waals surface area contributed by atoms with Crippen LogP contribution >= 0.6 is 11.3 Å². The molecule has 1 aromatic rings. The molecular weight excluding hydrogens is 222 g/mol. The summed E-state index contributed by atoms with van der Waals surface area (Å²) in [6.07, 6.45) is 5.51. The van der Waals surface area contributed by atoms with Crippen molar-refractivity contribution in [3.63, 3.8) is 0 Å². The first kappa shape index (κ1) is 11.5. The van der Waals surface area contributed by atoms with Crippen molar-refractivity contribution in [2.24, 2.45) is 5.73 Å². The van der Waals surface area contributed by atoms with E-state index in [0.717, 1.165) is 30.7 Å². The number of thiazole rings is 1. The molecule has 0 aliphatic heterocycles. The number of nitrogens with two attached hydrogens (primary N) is 1. The number of carbonyl (C=O) groups is 1. The molecule has 5 heteroatoms. The topological polar surface area (TPSA) is 59.2 Å². The summed E-state index contributed by atoms with van der Waals surface area (Å²) in [6.45, 7) is 0.565. The lowest BCUT2D eigenvalue weighted by atomic mass is 9.97. The minimum atomic E-state index is -0.619. The van der Waals surface area contributed by atoms with E-state index < -0.39 is 5.54 Å². The average molecular weight is 239 g/mol. The molecule has 1 fully saturated rings. The minimum absolute atomic E-state index is 0.0557. The first-order valence-corrected chi connectivity index (χ1v) is 6.43. The van der Waals surface area contributed by atoms with E-state index in [0.29, 0.717) is 6.54 Å². The third-order valence-electron chi connectivity index (χ3n) is 3.12. The number of likely N-dealkylation sites (N-methyl/N-ethyl adjacent to an activating group) is 1. The Hall–Kier alpha value is -0.940. The van der Waals surface area contributed by atoms with Gasteiger partial charge in [-0.15, -0.1) is 11.3 Å². The Balaban J connectivity index is 1.99. The highest BCUT2D eigenvalue weighted by Gasteiger charge is 2.38. The highest BCUT2D eigenvalue weighted by Crippen LogP contribution is 2.29. The van der Waals surface area contributed by atoms with E-state index in [2.05, 4.69) is 4.98 Å². The Kier molecular flexibility index (Phi) is 3.25. The van der Waals surface area contributed by atoms with Crippen molar-refractivity contribution in [3.8, 4) is 0 Å². The van der Waals surface area contributed by atoms with Crippen LogP contribution in [0.2, 0.25) is 0 Å². The summed E-state index contributed by atoms with van der Waals surface area (Å²) in [4.78, 5) is 18.0. The van der Waals surface area contributed by atoms with Gasteiger partial charge < -0.3 is 10.6 Å². The van der Waals surface area contributed by atoms with E-state index >= 15 is 0 Å². The summed E-state index contributed by atoms with van der Waals surface area (Å²) in [5.41, 5.74) is 5.51.